The van der Waals surface area contributed by atoms with E-state index < -0.39 is 0 Å². The average Bonchev–Trinajstić information content (AvgIpc) is 2.63. The fourth-order valence-corrected chi connectivity index (χ4v) is 2.68. The third kappa shape index (κ3) is 5.23. The molecule has 6 nitrogen and oxygen atoms in total. The van der Waals surface area contributed by atoms with E-state index in [0.717, 1.165) is 17.1 Å². The third-order valence-electron chi connectivity index (χ3n) is 3.64. The minimum Gasteiger partial charge on any atom is -0.493 e. The van der Waals surface area contributed by atoms with Crippen LogP contribution in [0.3, 0.4) is 0 Å². The lowest BCUT2D eigenvalue weighted by Gasteiger charge is -2.19. The van der Waals surface area contributed by atoms with Crippen molar-refractivity contribution in [2.45, 2.75) is 26.8 Å². The Labute approximate surface area is 159 Å². The van der Waals surface area contributed by atoms with E-state index in [1.807, 2.05) is 45.0 Å². The lowest BCUT2D eigenvalue weighted by molar-refractivity contribution is 0.287. The summed E-state index contributed by atoms with van der Waals surface area (Å²) in [5.74, 6) is 2.67. The summed E-state index contributed by atoms with van der Waals surface area (Å²) in [7, 11) is 1.59. The maximum absolute atomic E-state index is 5.68. The van der Waals surface area contributed by atoms with Gasteiger partial charge in [-0.3, -0.25) is 0 Å². The zero-order valence-electron chi connectivity index (χ0n) is 15.5. The van der Waals surface area contributed by atoms with Gasteiger partial charge in [0.1, 0.15) is 0 Å². The first-order valence-electron chi connectivity index (χ1n) is 8.55. The number of hydrogen-bond acceptors (Lipinski definition) is 5. The molecule has 0 radical (unpaired) electrons. The maximum Gasteiger partial charge on any atom is 0.174 e. The number of thiocarbonyl (C=S) groups is 1. The molecule has 0 amide bonds. The second-order valence-electron chi connectivity index (χ2n) is 5.45. The van der Waals surface area contributed by atoms with Crippen LogP contribution in [0.2, 0.25) is 0 Å². The van der Waals surface area contributed by atoms with Crippen LogP contribution in [0.25, 0.3) is 0 Å². The molecule has 1 heterocycles. The molecule has 2 aromatic rings. The first-order valence-corrected chi connectivity index (χ1v) is 8.95. The molecule has 2 rings (SSSR count). The maximum atomic E-state index is 5.68. The second-order valence-corrected chi connectivity index (χ2v) is 5.85. The Balaban J connectivity index is 2.07. The quantitative estimate of drug-likeness (QED) is 0.678. The van der Waals surface area contributed by atoms with Gasteiger partial charge in [-0.15, -0.1) is 0 Å². The van der Waals surface area contributed by atoms with Crippen LogP contribution in [0.1, 0.15) is 32.4 Å². The van der Waals surface area contributed by atoms with Gasteiger partial charge >= 0.3 is 0 Å². The molecule has 0 aliphatic heterocycles. The molecule has 0 aliphatic carbocycles. The van der Waals surface area contributed by atoms with Crippen LogP contribution >= 0.6 is 12.2 Å². The van der Waals surface area contributed by atoms with Gasteiger partial charge in [0, 0.05) is 6.20 Å². The number of nitrogens with one attached hydrogen (secondary N) is 2. The molecule has 0 spiro atoms. The number of methoxy groups -OCH3 is 1. The number of anilines is 1. The summed E-state index contributed by atoms with van der Waals surface area (Å²) in [6.07, 6.45) is 1.68. The van der Waals surface area contributed by atoms with E-state index >= 15 is 0 Å². The molecule has 26 heavy (non-hydrogen) atoms. The summed E-state index contributed by atoms with van der Waals surface area (Å²) in [5, 5.41) is 6.77. The molecule has 0 bridgehead atoms. The van der Waals surface area contributed by atoms with Gasteiger partial charge in [0.25, 0.3) is 0 Å². The number of rotatable bonds is 8. The molecule has 0 aliphatic rings. The van der Waals surface area contributed by atoms with Gasteiger partial charge in [-0.2, -0.15) is 0 Å². The van der Waals surface area contributed by atoms with Crippen molar-refractivity contribution in [2.24, 2.45) is 0 Å². The second kappa shape index (κ2) is 9.82. The van der Waals surface area contributed by atoms with Crippen LogP contribution in [-0.4, -0.2) is 30.4 Å². The lowest BCUT2D eigenvalue weighted by Crippen LogP contribution is -2.31. The minimum atomic E-state index is -0.0282. The number of aromatic nitrogens is 1. The number of pyridine rings is 1. The van der Waals surface area contributed by atoms with Crippen LogP contribution in [-0.2, 0) is 0 Å². The number of nitrogens with zero attached hydrogens (tertiary/aromatic N) is 1. The zero-order valence-corrected chi connectivity index (χ0v) is 16.4. The Morgan fingerprint density at radius 3 is 2.54 bits per heavy atom. The highest BCUT2D eigenvalue weighted by Gasteiger charge is 2.13. The fraction of sp³-hybridized carbons (Fsp3) is 0.368. The summed E-state index contributed by atoms with van der Waals surface area (Å²) in [6, 6.07) is 9.48. The predicted octanol–water partition coefficient (Wildman–Crippen LogP) is 3.94. The van der Waals surface area contributed by atoms with Crippen LogP contribution in [0.4, 0.5) is 5.82 Å². The van der Waals surface area contributed by atoms with Crippen molar-refractivity contribution >= 4 is 23.1 Å². The highest BCUT2D eigenvalue weighted by atomic mass is 32.1. The van der Waals surface area contributed by atoms with Gasteiger partial charge in [-0.1, -0.05) is 6.07 Å². The van der Waals surface area contributed by atoms with E-state index in [0.29, 0.717) is 29.9 Å². The smallest absolute Gasteiger partial charge is 0.174 e. The lowest BCUT2D eigenvalue weighted by atomic mass is 10.1. The normalized spacial score (nSPS) is 11.4. The van der Waals surface area contributed by atoms with E-state index in [1.165, 1.54) is 0 Å². The van der Waals surface area contributed by atoms with Crippen molar-refractivity contribution < 1.29 is 14.2 Å². The van der Waals surface area contributed by atoms with Crippen LogP contribution in [0, 0.1) is 0 Å². The molecule has 0 fully saturated rings. The molecule has 1 aromatic heterocycles. The van der Waals surface area contributed by atoms with Crippen molar-refractivity contribution in [1.29, 1.82) is 0 Å². The number of benzene rings is 1. The van der Waals surface area contributed by atoms with E-state index in [-0.39, 0.29) is 6.04 Å². The molecule has 0 saturated carbocycles. The summed E-state index contributed by atoms with van der Waals surface area (Å²) in [5.41, 5.74) is 1.04. The Kier molecular flexibility index (Phi) is 7.47. The Bertz CT molecular complexity index is 740. The first-order chi connectivity index (χ1) is 12.6. The summed E-state index contributed by atoms with van der Waals surface area (Å²) >= 11 is 5.40. The van der Waals surface area contributed by atoms with Gasteiger partial charge in [-0.05, 0) is 62.8 Å². The molecule has 1 atom stereocenters. The zero-order chi connectivity index (χ0) is 18.9. The molecule has 7 heteroatoms. The van der Waals surface area contributed by atoms with E-state index in [1.54, 1.807) is 19.4 Å². The minimum absolute atomic E-state index is 0.0282. The first kappa shape index (κ1) is 19.8. The van der Waals surface area contributed by atoms with Crippen molar-refractivity contribution in [2.75, 3.05) is 25.6 Å². The fourth-order valence-electron chi connectivity index (χ4n) is 2.41. The van der Waals surface area contributed by atoms with Gasteiger partial charge in [-0.25, -0.2) is 4.98 Å². The summed E-state index contributed by atoms with van der Waals surface area (Å²) in [6.45, 7) is 7.08. The molecular formula is C19H25N3O3S. The van der Waals surface area contributed by atoms with Crippen molar-refractivity contribution in [3.05, 3.63) is 42.1 Å². The van der Waals surface area contributed by atoms with Gasteiger partial charge in [0.2, 0.25) is 0 Å². The highest BCUT2D eigenvalue weighted by molar-refractivity contribution is 7.80. The van der Waals surface area contributed by atoms with Crippen molar-refractivity contribution in [3.8, 4) is 17.2 Å². The average molecular weight is 375 g/mol. The van der Waals surface area contributed by atoms with Gasteiger partial charge in [0.15, 0.2) is 28.2 Å². The standard InChI is InChI=1S/C19H25N3O3S/c1-5-24-15-10-9-14(12-17(15)25-6-2)13(3)21-19(26)22-18-16(23-4)8-7-11-20-18/h7-13H,5-6H2,1-4H3,(H2,20,21,22,26). The van der Waals surface area contributed by atoms with Crippen LogP contribution in [0.5, 0.6) is 17.2 Å². The van der Waals surface area contributed by atoms with Crippen LogP contribution in [0.15, 0.2) is 36.5 Å². The van der Waals surface area contributed by atoms with Gasteiger partial charge < -0.3 is 24.8 Å². The number of ether oxygens (including phenoxy) is 3. The number of hydrogen-bond donors (Lipinski definition) is 2. The van der Waals surface area contributed by atoms with Crippen molar-refractivity contribution in [3.63, 3.8) is 0 Å². The van der Waals surface area contributed by atoms with E-state index in [4.69, 9.17) is 26.4 Å². The monoisotopic (exact) mass is 375 g/mol. The SMILES string of the molecule is CCOc1ccc(C(C)NC(=S)Nc2ncccc2OC)cc1OCC. The molecule has 140 valence electrons. The molecule has 1 aromatic carbocycles. The Hall–Kier alpha value is -2.54. The highest BCUT2D eigenvalue weighted by Crippen LogP contribution is 2.30. The summed E-state index contributed by atoms with van der Waals surface area (Å²) < 4.78 is 16.6. The Morgan fingerprint density at radius 1 is 1.12 bits per heavy atom. The van der Waals surface area contributed by atoms with Crippen molar-refractivity contribution in [1.82, 2.24) is 10.3 Å². The largest absolute Gasteiger partial charge is 0.493 e. The third-order valence-corrected chi connectivity index (χ3v) is 3.86. The molecule has 0 saturated heterocycles. The molecule has 2 N–H and O–H groups in total. The Morgan fingerprint density at radius 2 is 1.85 bits per heavy atom. The van der Waals surface area contributed by atoms with Crippen LogP contribution < -0.4 is 24.8 Å². The van der Waals surface area contributed by atoms with Gasteiger partial charge in [0.05, 0.1) is 26.4 Å². The predicted molar refractivity (Wildman–Crippen MR) is 107 cm³/mol. The summed E-state index contributed by atoms with van der Waals surface area (Å²) in [4.78, 5) is 4.24. The topological polar surface area (TPSA) is 64.6 Å². The van der Waals surface area contributed by atoms with E-state index in [2.05, 4.69) is 15.6 Å². The molecule has 1 unspecified atom stereocenters. The van der Waals surface area contributed by atoms with E-state index in [9.17, 15) is 0 Å². The molecular weight excluding hydrogens is 350 g/mol.